The Morgan fingerprint density at radius 2 is 2.09 bits per heavy atom. The monoisotopic (exact) mass is 165 g/mol. The summed E-state index contributed by atoms with van der Waals surface area (Å²) in [4.78, 5) is 0. The summed E-state index contributed by atoms with van der Waals surface area (Å²) in [6.45, 7) is 0. The van der Waals surface area contributed by atoms with Crippen LogP contribution in [-0.4, -0.2) is 6.18 Å². The smallest absolute Gasteiger partial charge is 0.407 e. The summed E-state index contributed by atoms with van der Waals surface area (Å²) < 4.78 is 40.0. The van der Waals surface area contributed by atoms with E-state index in [-0.39, 0.29) is 5.56 Å². The SMILES string of the molecule is N[C@@H](c1ccoc1)C(F)(F)F. The first-order valence-electron chi connectivity index (χ1n) is 2.86. The van der Waals surface area contributed by atoms with Crippen LogP contribution in [0.15, 0.2) is 23.0 Å². The molecule has 1 aromatic heterocycles. The average Bonchev–Trinajstić information content (AvgIpc) is 2.34. The highest BCUT2D eigenvalue weighted by Gasteiger charge is 2.38. The Hall–Kier alpha value is -0.970. The van der Waals surface area contributed by atoms with Crippen LogP contribution in [0.4, 0.5) is 13.2 Å². The molecule has 62 valence electrons. The number of nitrogens with two attached hydrogens (primary N) is 1. The summed E-state index contributed by atoms with van der Waals surface area (Å²) in [5.74, 6) is 0. The van der Waals surface area contributed by atoms with Gasteiger partial charge < -0.3 is 10.2 Å². The molecule has 2 N–H and O–H groups in total. The lowest BCUT2D eigenvalue weighted by Crippen LogP contribution is -2.27. The number of hydrogen-bond acceptors (Lipinski definition) is 2. The second-order valence-electron chi connectivity index (χ2n) is 2.08. The zero-order valence-corrected chi connectivity index (χ0v) is 5.43. The van der Waals surface area contributed by atoms with Gasteiger partial charge in [-0.3, -0.25) is 0 Å². The normalized spacial score (nSPS) is 14.9. The molecule has 0 unspecified atom stereocenters. The summed E-state index contributed by atoms with van der Waals surface area (Å²) in [5, 5.41) is 0. The van der Waals surface area contributed by atoms with Crippen molar-refractivity contribution < 1.29 is 17.6 Å². The van der Waals surface area contributed by atoms with Crippen molar-refractivity contribution in [2.45, 2.75) is 12.2 Å². The fraction of sp³-hybridized carbons (Fsp3) is 0.333. The third kappa shape index (κ3) is 1.74. The largest absolute Gasteiger partial charge is 0.472 e. The van der Waals surface area contributed by atoms with Crippen molar-refractivity contribution in [2.24, 2.45) is 5.73 Å². The first-order valence-corrected chi connectivity index (χ1v) is 2.86. The fourth-order valence-corrected chi connectivity index (χ4v) is 0.641. The van der Waals surface area contributed by atoms with Gasteiger partial charge in [-0.05, 0) is 6.07 Å². The molecule has 0 aliphatic heterocycles. The van der Waals surface area contributed by atoms with Gasteiger partial charge in [0, 0.05) is 5.56 Å². The van der Waals surface area contributed by atoms with E-state index in [1.54, 1.807) is 0 Å². The molecule has 0 aliphatic carbocycles. The van der Waals surface area contributed by atoms with Crippen molar-refractivity contribution >= 4 is 0 Å². The van der Waals surface area contributed by atoms with Gasteiger partial charge >= 0.3 is 6.18 Å². The summed E-state index contributed by atoms with van der Waals surface area (Å²) in [5.41, 5.74) is 4.77. The first kappa shape index (κ1) is 8.13. The fourth-order valence-electron chi connectivity index (χ4n) is 0.641. The molecular formula is C6H6F3NO. The van der Waals surface area contributed by atoms with Crippen LogP contribution in [0.1, 0.15) is 11.6 Å². The lowest BCUT2D eigenvalue weighted by atomic mass is 10.1. The van der Waals surface area contributed by atoms with E-state index in [0.29, 0.717) is 0 Å². The molecule has 0 saturated heterocycles. The minimum absolute atomic E-state index is 0.0579. The second-order valence-corrected chi connectivity index (χ2v) is 2.08. The minimum Gasteiger partial charge on any atom is -0.472 e. The number of rotatable bonds is 1. The van der Waals surface area contributed by atoms with Crippen molar-refractivity contribution in [3.8, 4) is 0 Å². The molecule has 0 radical (unpaired) electrons. The van der Waals surface area contributed by atoms with E-state index >= 15 is 0 Å². The standard InChI is InChI=1S/C6H6F3NO/c7-6(8,9)5(10)4-1-2-11-3-4/h1-3,5H,10H2/t5-/m0/s1. The maximum atomic E-state index is 11.8. The van der Waals surface area contributed by atoms with Crippen molar-refractivity contribution in [3.63, 3.8) is 0 Å². The van der Waals surface area contributed by atoms with Crippen LogP contribution in [0.3, 0.4) is 0 Å². The summed E-state index contributed by atoms with van der Waals surface area (Å²) in [6, 6.07) is -0.751. The summed E-state index contributed by atoms with van der Waals surface area (Å²) in [6.07, 6.45) is -2.26. The third-order valence-electron chi connectivity index (χ3n) is 1.25. The lowest BCUT2D eigenvalue weighted by molar-refractivity contribution is -0.149. The highest BCUT2D eigenvalue weighted by atomic mass is 19.4. The molecule has 0 fully saturated rings. The number of halogens is 3. The van der Waals surface area contributed by atoms with E-state index < -0.39 is 12.2 Å². The Labute approximate surface area is 60.8 Å². The Morgan fingerprint density at radius 3 is 2.45 bits per heavy atom. The van der Waals surface area contributed by atoms with Crippen molar-refractivity contribution in [2.75, 3.05) is 0 Å². The van der Waals surface area contributed by atoms with Crippen LogP contribution in [0.25, 0.3) is 0 Å². The molecule has 0 amide bonds. The van der Waals surface area contributed by atoms with E-state index in [1.807, 2.05) is 0 Å². The lowest BCUT2D eigenvalue weighted by Gasteiger charge is -2.12. The molecule has 1 heterocycles. The Kier molecular flexibility index (Phi) is 1.90. The highest BCUT2D eigenvalue weighted by molar-refractivity contribution is 5.12. The maximum absolute atomic E-state index is 11.8. The number of furan rings is 1. The summed E-state index contributed by atoms with van der Waals surface area (Å²) >= 11 is 0. The number of alkyl halides is 3. The third-order valence-corrected chi connectivity index (χ3v) is 1.25. The van der Waals surface area contributed by atoms with Gasteiger partial charge in [-0.15, -0.1) is 0 Å². The van der Waals surface area contributed by atoms with E-state index in [2.05, 4.69) is 4.42 Å². The predicted octanol–water partition coefficient (Wildman–Crippen LogP) is 1.84. The molecule has 0 saturated carbocycles. The Morgan fingerprint density at radius 1 is 1.45 bits per heavy atom. The van der Waals surface area contributed by atoms with E-state index in [4.69, 9.17) is 5.73 Å². The van der Waals surface area contributed by atoms with E-state index in [0.717, 1.165) is 12.5 Å². The zero-order valence-electron chi connectivity index (χ0n) is 5.43. The molecule has 0 aromatic carbocycles. The molecule has 11 heavy (non-hydrogen) atoms. The average molecular weight is 165 g/mol. The molecule has 0 bridgehead atoms. The second kappa shape index (κ2) is 2.58. The molecule has 5 heteroatoms. The molecule has 0 spiro atoms. The van der Waals surface area contributed by atoms with Crippen molar-refractivity contribution in [3.05, 3.63) is 24.2 Å². The van der Waals surface area contributed by atoms with E-state index in [1.165, 1.54) is 6.07 Å². The van der Waals surface area contributed by atoms with Gasteiger partial charge in [0.1, 0.15) is 6.04 Å². The van der Waals surface area contributed by atoms with Gasteiger partial charge in [0.05, 0.1) is 12.5 Å². The Bertz CT molecular complexity index is 216. The van der Waals surface area contributed by atoms with Crippen molar-refractivity contribution in [1.82, 2.24) is 0 Å². The van der Waals surface area contributed by atoms with Crippen molar-refractivity contribution in [1.29, 1.82) is 0 Å². The van der Waals surface area contributed by atoms with Crippen LogP contribution >= 0.6 is 0 Å². The zero-order chi connectivity index (χ0) is 8.48. The van der Waals surface area contributed by atoms with Crippen LogP contribution in [0, 0.1) is 0 Å². The molecule has 0 aliphatic rings. The first-order chi connectivity index (χ1) is 5.02. The molecule has 2 nitrogen and oxygen atoms in total. The summed E-state index contributed by atoms with van der Waals surface area (Å²) in [7, 11) is 0. The van der Waals surface area contributed by atoms with Crippen LogP contribution in [0.5, 0.6) is 0 Å². The van der Waals surface area contributed by atoms with Crippen LogP contribution in [0.2, 0.25) is 0 Å². The van der Waals surface area contributed by atoms with Gasteiger partial charge in [0.2, 0.25) is 0 Å². The van der Waals surface area contributed by atoms with Gasteiger partial charge in [-0.2, -0.15) is 13.2 Å². The van der Waals surface area contributed by atoms with E-state index in [9.17, 15) is 13.2 Å². The Balaban J connectivity index is 2.78. The van der Waals surface area contributed by atoms with Gasteiger partial charge in [-0.25, -0.2) is 0 Å². The van der Waals surface area contributed by atoms with Gasteiger partial charge in [0.25, 0.3) is 0 Å². The van der Waals surface area contributed by atoms with Crippen LogP contribution in [-0.2, 0) is 0 Å². The molecule has 1 atom stereocenters. The van der Waals surface area contributed by atoms with Crippen LogP contribution < -0.4 is 5.73 Å². The predicted molar refractivity (Wildman–Crippen MR) is 31.7 cm³/mol. The molecular weight excluding hydrogens is 159 g/mol. The molecule has 1 aromatic rings. The quantitative estimate of drug-likeness (QED) is 0.689. The molecule has 1 rings (SSSR count). The minimum atomic E-state index is -4.40. The topological polar surface area (TPSA) is 39.2 Å². The van der Waals surface area contributed by atoms with Gasteiger partial charge in [-0.1, -0.05) is 0 Å². The number of hydrogen-bond donors (Lipinski definition) is 1. The highest BCUT2D eigenvalue weighted by Crippen LogP contribution is 2.30. The van der Waals surface area contributed by atoms with Gasteiger partial charge in [0.15, 0.2) is 0 Å². The maximum Gasteiger partial charge on any atom is 0.407 e.